The summed E-state index contributed by atoms with van der Waals surface area (Å²) in [6, 6.07) is 14.0. The monoisotopic (exact) mass is 338 g/mol. The van der Waals surface area contributed by atoms with E-state index < -0.39 is 21.2 Å². The highest BCUT2D eigenvalue weighted by Crippen LogP contribution is 2.27. The van der Waals surface area contributed by atoms with Gasteiger partial charge in [0.1, 0.15) is 0 Å². The summed E-state index contributed by atoms with van der Waals surface area (Å²) in [7, 11) is -3.48. The second-order valence-electron chi connectivity index (χ2n) is 5.46. The van der Waals surface area contributed by atoms with E-state index in [9.17, 15) is 13.5 Å². The maximum absolute atomic E-state index is 12.5. The van der Waals surface area contributed by atoms with E-state index in [-0.39, 0.29) is 5.75 Å². The summed E-state index contributed by atoms with van der Waals surface area (Å²) in [6.45, 7) is 3.57. The van der Waals surface area contributed by atoms with E-state index in [1.54, 1.807) is 37.3 Å². The van der Waals surface area contributed by atoms with Crippen molar-refractivity contribution in [3.63, 3.8) is 0 Å². The van der Waals surface area contributed by atoms with E-state index in [4.69, 9.17) is 11.6 Å². The molecule has 0 aliphatic heterocycles. The minimum absolute atomic E-state index is 0.331. The van der Waals surface area contributed by atoms with E-state index in [1.807, 2.05) is 25.1 Å². The molecule has 1 N–H and O–H groups in total. The van der Waals surface area contributed by atoms with Crippen molar-refractivity contribution in [3.8, 4) is 0 Å². The summed E-state index contributed by atoms with van der Waals surface area (Å²) in [4.78, 5) is 0. The van der Waals surface area contributed by atoms with Crippen molar-refractivity contribution in [2.45, 2.75) is 25.2 Å². The van der Waals surface area contributed by atoms with Gasteiger partial charge in [-0.3, -0.25) is 0 Å². The highest BCUT2D eigenvalue weighted by atomic mass is 35.5. The molecule has 0 heterocycles. The SMILES string of the molecule is Cc1cccc(C(C)S(=O)(=O)CC(O)c2cccc(Cl)c2)c1. The molecule has 5 heteroatoms. The van der Waals surface area contributed by atoms with Crippen LogP contribution in [0, 0.1) is 6.92 Å². The Labute approximate surface area is 136 Å². The number of rotatable bonds is 5. The lowest BCUT2D eigenvalue weighted by molar-refractivity contribution is 0.201. The highest BCUT2D eigenvalue weighted by molar-refractivity contribution is 7.91. The van der Waals surface area contributed by atoms with Crippen LogP contribution in [0.25, 0.3) is 0 Å². The topological polar surface area (TPSA) is 54.4 Å². The molecule has 2 aromatic carbocycles. The molecular weight excluding hydrogens is 320 g/mol. The second-order valence-corrected chi connectivity index (χ2v) is 8.26. The number of benzene rings is 2. The third-order valence-corrected chi connectivity index (χ3v) is 6.04. The molecule has 2 rings (SSSR count). The molecule has 118 valence electrons. The van der Waals surface area contributed by atoms with Crippen LogP contribution in [0.15, 0.2) is 48.5 Å². The molecule has 22 heavy (non-hydrogen) atoms. The van der Waals surface area contributed by atoms with Gasteiger partial charge in [-0.05, 0) is 37.1 Å². The summed E-state index contributed by atoms with van der Waals surface area (Å²) in [5.41, 5.74) is 2.25. The molecule has 0 aliphatic rings. The minimum atomic E-state index is -3.48. The summed E-state index contributed by atoms with van der Waals surface area (Å²) in [5.74, 6) is -0.331. The van der Waals surface area contributed by atoms with Crippen molar-refractivity contribution < 1.29 is 13.5 Å². The molecule has 0 aliphatic carbocycles. The van der Waals surface area contributed by atoms with Crippen LogP contribution in [0.3, 0.4) is 0 Å². The summed E-state index contributed by atoms with van der Waals surface area (Å²) >= 11 is 5.88. The largest absolute Gasteiger partial charge is 0.387 e. The number of hydrogen-bond acceptors (Lipinski definition) is 3. The zero-order valence-electron chi connectivity index (χ0n) is 12.5. The Morgan fingerprint density at radius 3 is 2.36 bits per heavy atom. The van der Waals surface area contributed by atoms with Crippen LogP contribution in [0.1, 0.15) is 35.0 Å². The third-order valence-electron chi connectivity index (χ3n) is 3.67. The second kappa shape index (κ2) is 6.82. The molecule has 0 amide bonds. The first kappa shape index (κ1) is 17.0. The fourth-order valence-corrected chi connectivity index (χ4v) is 3.99. The van der Waals surface area contributed by atoms with Gasteiger partial charge in [0, 0.05) is 5.02 Å². The van der Waals surface area contributed by atoms with Crippen LogP contribution in [-0.2, 0) is 9.84 Å². The van der Waals surface area contributed by atoms with Gasteiger partial charge in [0.2, 0.25) is 0 Å². The van der Waals surface area contributed by atoms with E-state index in [1.165, 1.54) is 0 Å². The summed E-state index contributed by atoms with van der Waals surface area (Å²) in [6.07, 6.45) is -1.09. The van der Waals surface area contributed by atoms with Crippen LogP contribution in [0.4, 0.5) is 0 Å². The Morgan fingerprint density at radius 2 is 1.73 bits per heavy atom. The molecule has 0 fully saturated rings. The number of aliphatic hydroxyl groups excluding tert-OH is 1. The first-order valence-electron chi connectivity index (χ1n) is 7.01. The Morgan fingerprint density at radius 1 is 1.09 bits per heavy atom. The van der Waals surface area contributed by atoms with Gasteiger partial charge in [0.15, 0.2) is 9.84 Å². The van der Waals surface area contributed by atoms with Gasteiger partial charge in [-0.25, -0.2) is 8.42 Å². The predicted molar refractivity (Wildman–Crippen MR) is 89.8 cm³/mol. The van der Waals surface area contributed by atoms with Crippen LogP contribution in [0.5, 0.6) is 0 Å². The standard InChI is InChI=1S/C17H19ClO3S/c1-12-5-3-6-14(9-12)13(2)22(20,21)11-17(19)15-7-4-8-16(18)10-15/h3-10,13,17,19H,11H2,1-2H3. The number of aliphatic hydroxyl groups is 1. The first-order chi connectivity index (χ1) is 10.3. The lowest BCUT2D eigenvalue weighted by atomic mass is 10.1. The van der Waals surface area contributed by atoms with Crippen LogP contribution in [-0.4, -0.2) is 19.3 Å². The number of aryl methyl sites for hydroxylation is 1. The molecule has 0 saturated heterocycles. The van der Waals surface area contributed by atoms with Crippen molar-refractivity contribution in [1.29, 1.82) is 0 Å². The van der Waals surface area contributed by atoms with Crippen LogP contribution in [0.2, 0.25) is 5.02 Å². The molecule has 0 bridgehead atoms. The average Bonchev–Trinajstić information content (AvgIpc) is 2.46. The molecule has 0 radical (unpaired) electrons. The molecule has 2 aromatic rings. The molecule has 0 aromatic heterocycles. The number of sulfone groups is 1. The Bertz CT molecular complexity index is 756. The van der Waals surface area contributed by atoms with Gasteiger partial charge < -0.3 is 5.11 Å². The van der Waals surface area contributed by atoms with E-state index in [0.29, 0.717) is 10.6 Å². The van der Waals surface area contributed by atoms with Gasteiger partial charge in [-0.1, -0.05) is 53.6 Å². The normalized spacial score (nSPS) is 14.5. The van der Waals surface area contributed by atoms with Gasteiger partial charge in [0.25, 0.3) is 0 Å². The van der Waals surface area contributed by atoms with Crippen molar-refractivity contribution in [3.05, 3.63) is 70.2 Å². The minimum Gasteiger partial charge on any atom is -0.387 e. The summed E-state index contributed by atoms with van der Waals surface area (Å²) < 4.78 is 25.0. The molecule has 0 spiro atoms. The molecule has 3 nitrogen and oxygen atoms in total. The Balaban J connectivity index is 2.20. The van der Waals surface area contributed by atoms with Gasteiger partial charge >= 0.3 is 0 Å². The smallest absolute Gasteiger partial charge is 0.159 e. The van der Waals surface area contributed by atoms with Crippen LogP contribution >= 0.6 is 11.6 Å². The lowest BCUT2D eigenvalue weighted by Gasteiger charge is -2.17. The Hall–Kier alpha value is -1.36. The summed E-state index contributed by atoms with van der Waals surface area (Å²) in [5, 5.41) is 10.0. The van der Waals surface area contributed by atoms with E-state index in [0.717, 1.165) is 11.1 Å². The molecule has 0 saturated carbocycles. The van der Waals surface area contributed by atoms with Crippen molar-refractivity contribution in [2.24, 2.45) is 0 Å². The van der Waals surface area contributed by atoms with E-state index >= 15 is 0 Å². The predicted octanol–water partition coefficient (Wildman–Crippen LogP) is 3.86. The fraction of sp³-hybridized carbons (Fsp3) is 0.294. The quantitative estimate of drug-likeness (QED) is 0.900. The van der Waals surface area contributed by atoms with Gasteiger partial charge in [-0.15, -0.1) is 0 Å². The zero-order valence-corrected chi connectivity index (χ0v) is 14.1. The van der Waals surface area contributed by atoms with Crippen LogP contribution < -0.4 is 0 Å². The van der Waals surface area contributed by atoms with E-state index in [2.05, 4.69) is 0 Å². The number of halogens is 1. The maximum Gasteiger partial charge on any atom is 0.159 e. The molecule has 2 unspecified atom stereocenters. The molecular formula is C17H19ClO3S. The van der Waals surface area contributed by atoms with Gasteiger partial charge in [0.05, 0.1) is 17.1 Å². The first-order valence-corrected chi connectivity index (χ1v) is 9.10. The zero-order chi connectivity index (χ0) is 16.3. The lowest BCUT2D eigenvalue weighted by Crippen LogP contribution is -2.19. The average molecular weight is 339 g/mol. The van der Waals surface area contributed by atoms with Crippen molar-refractivity contribution in [1.82, 2.24) is 0 Å². The van der Waals surface area contributed by atoms with Crippen molar-refractivity contribution >= 4 is 21.4 Å². The highest BCUT2D eigenvalue weighted by Gasteiger charge is 2.26. The third kappa shape index (κ3) is 4.09. The fourth-order valence-electron chi connectivity index (χ4n) is 2.30. The van der Waals surface area contributed by atoms with Crippen molar-refractivity contribution in [2.75, 3.05) is 5.75 Å². The Kier molecular flexibility index (Phi) is 5.27. The molecule has 2 atom stereocenters. The van der Waals surface area contributed by atoms with Gasteiger partial charge in [-0.2, -0.15) is 0 Å². The number of hydrogen-bond donors (Lipinski definition) is 1. The maximum atomic E-state index is 12.5.